The molecule has 1 amide bonds. The van der Waals surface area contributed by atoms with E-state index in [0.717, 1.165) is 10.9 Å². The highest BCUT2D eigenvalue weighted by Crippen LogP contribution is 2.34. The molecule has 0 radical (unpaired) electrons. The van der Waals surface area contributed by atoms with Gasteiger partial charge in [0.2, 0.25) is 6.79 Å². The van der Waals surface area contributed by atoms with Crippen molar-refractivity contribution in [1.29, 1.82) is 0 Å². The number of phenols is 1. The minimum absolute atomic E-state index is 0.0142. The Hall–Kier alpha value is -3.74. The van der Waals surface area contributed by atoms with Crippen LogP contribution in [0.3, 0.4) is 0 Å². The van der Waals surface area contributed by atoms with E-state index in [9.17, 15) is 14.7 Å². The Labute approximate surface area is 166 Å². The summed E-state index contributed by atoms with van der Waals surface area (Å²) in [6.07, 6.45) is 0. The monoisotopic (exact) mass is 393 g/mol. The van der Waals surface area contributed by atoms with E-state index in [2.05, 4.69) is 5.32 Å². The van der Waals surface area contributed by atoms with Crippen LogP contribution in [0.2, 0.25) is 0 Å². The summed E-state index contributed by atoms with van der Waals surface area (Å²) in [7, 11) is 0. The van der Waals surface area contributed by atoms with Gasteiger partial charge in [-0.1, -0.05) is 36.4 Å². The molecule has 1 aliphatic heterocycles. The highest BCUT2D eigenvalue weighted by atomic mass is 16.7. The fourth-order valence-electron chi connectivity index (χ4n) is 3.18. The zero-order valence-corrected chi connectivity index (χ0v) is 15.7. The number of hydrogen-bond donors (Lipinski definition) is 2. The van der Waals surface area contributed by atoms with E-state index < -0.39 is 18.5 Å². The second-order valence-electron chi connectivity index (χ2n) is 6.66. The third-order valence-electron chi connectivity index (χ3n) is 4.73. The highest BCUT2D eigenvalue weighted by molar-refractivity contribution is 6.01. The van der Waals surface area contributed by atoms with Crippen molar-refractivity contribution in [2.75, 3.05) is 13.4 Å². The number of carbonyl (C=O) groups excluding carboxylic acids is 2. The average Bonchev–Trinajstić information content (AvgIpc) is 3.20. The Morgan fingerprint density at radius 3 is 2.76 bits per heavy atom. The normalized spacial score (nSPS) is 13.1. The van der Waals surface area contributed by atoms with Gasteiger partial charge in [0.25, 0.3) is 5.91 Å². The van der Waals surface area contributed by atoms with Crippen molar-refractivity contribution in [2.45, 2.75) is 13.0 Å². The van der Waals surface area contributed by atoms with Crippen LogP contribution >= 0.6 is 0 Å². The number of phenolic OH excluding ortho intramolecular Hbond substituents is 1. The molecule has 0 saturated carbocycles. The number of esters is 1. The van der Waals surface area contributed by atoms with E-state index in [1.54, 1.807) is 30.3 Å². The molecule has 0 aliphatic carbocycles. The van der Waals surface area contributed by atoms with E-state index in [1.165, 1.54) is 6.07 Å². The van der Waals surface area contributed by atoms with Gasteiger partial charge in [0.1, 0.15) is 11.3 Å². The molecule has 7 nitrogen and oxygen atoms in total. The third-order valence-corrected chi connectivity index (χ3v) is 4.73. The smallest absolute Gasteiger partial charge is 0.342 e. The van der Waals surface area contributed by atoms with Gasteiger partial charge in [0.05, 0.1) is 6.04 Å². The quantitative estimate of drug-likeness (QED) is 0.646. The summed E-state index contributed by atoms with van der Waals surface area (Å²) in [5, 5.41) is 14.4. The average molecular weight is 393 g/mol. The number of benzene rings is 3. The maximum atomic E-state index is 12.3. The number of rotatable bonds is 5. The van der Waals surface area contributed by atoms with Gasteiger partial charge in [0.15, 0.2) is 18.1 Å². The first-order chi connectivity index (χ1) is 14.0. The van der Waals surface area contributed by atoms with Crippen LogP contribution in [-0.4, -0.2) is 30.4 Å². The lowest BCUT2D eigenvalue weighted by Crippen LogP contribution is -2.31. The predicted molar refractivity (Wildman–Crippen MR) is 105 cm³/mol. The summed E-state index contributed by atoms with van der Waals surface area (Å²) in [6, 6.07) is 15.4. The van der Waals surface area contributed by atoms with Gasteiger partial charge in [-0.15, -0.1) is 0 Å². The second-order valence-corrected chi connectivity index (χ2v) is 6.66. The zero-order valence-electron chi connectivity index (χ0n) is 15.7. The van der Waals surface area contributed by atoms with E-state index >= 15 is 0 Å². The first-order valence-electron chi connectivity index (χ1n) is 9.09. The van der Waals surface area contributed by atoms with Crippen LogP contribution in [0.1, 0.15) is 28.9 Å². The van der Waals surface area contributed by atoms with Gasteiger partial charge in [-0.05, 0) is 36.1 Å². The van der Waals surface area contributed by atoms with Crippen molar-refractivity contribution in [3.8, 4) is 17.2 Å². The van der Waals surface area contributed by atoms with Crippen LogP contribution in [0.25, 0.3) is 10.8 Å². The largest absolute Gasteiger partial charge is 0.506 e. The SMILES string of the molecule is C[C@H](NC(=O)COC(=O)c1ccc2ccccc2c1O)c1ccc2c(c1)OCO2. The molecular formula is C22H19NO6. The molecule has 1 aliphatic rings. The van der Waals surface area contributed by atoms with Gasteiger partial charge < -0.3 is 24.6 Å². The number of nitrogens with one attached hydrogen (secondary N) is 1. The number of carbonyl (C=O) groups is 2. The molecule has 0 fully saturated rings. The molecule has 1 heterocycles. The maximum absolute atomic E-state index is 12.3. The lowest BCUT2D eigenvalue weighted by Gasteiger charge is -2.15. The number of hydrogen-bond acceptors (Lipinski definition) is 6. The van der Waals surface area contributed by atoms with Crippen LogP contribution < -0.4 is 14.8 Å². The van der Waals surface area contributed by atoms with Crippen LogP contribution in [0.5, 0.6) is 17.2 Å². The van der Waals surface area contributed by atoms with Gasteiger partial charge in [-0.2, -0.15) is 0 Å². The summed E-state index contributed by atoms with van der Waals surface area (Å²) < 4.78 is 15.7. The number of aromatic hydroxyl groups is 1. The molecular weight excluding hydrogens is 374 g/mol. The molecule has 2 N–H and O–H groups in total. The van der Waals surface area contributed by atoms with Crippen molar-refractivity contribution in [2.24, 2.45) is 0 Å². The van der Waals surface area contributed by atoms with Gasteiger partial charge >= 0.3 is 5.97 Å². The molecule has 0 spiro atoms. The minimum Gasteiger partial charge on any atom is -0.506 e. The molecule has 3 aromatic rings. The lowest BCUT2D eigenvalue weighted by molar-refractivity contribution is -0.124. The Balaban J connectivity index is 1.37. The van der Waals surface area contributed by atoms with Crippen molar-refractivity contribution >= 4 is 22.6 Å². The van der Waals surface area contributed by atoms with E-state index in [-0.39, 0.29) is 24.1 Å². The summed E-state index contributed by atoms with van der Waals surface area (Å²) in [5.74, 6) is -0.0941. The van der Waals surface area contributed by atoms with Crippen LogP contribution in [0.4, 0.5) is 0 Å². The van der Waals surface area contributed by atoms with Crippen molar-refractivity contribution < 1.29 is 28.9 Å². The molecule has 0 unspecified atom stereocenters. The van der Waals surface area contributed by atoms with E-state index in [4.69, 9.17) is 14.2 Å². The molecule has 148 valence electrons. The molecule has 1 atom stereocenters. The zero-order chi connectivity index (χ0) is 20.4. The molecule has 3 aromatic carbocycles. The second kappa shape index (κ2) is 7.71. The number of fused-ring (bicyclic) bond motifs is 2. The molecule has 29 heavy (non-hydrogen) atoms. The molecule has 0 aromatic heterocycles. The van der Waals surface area contributed by atoms with Crippen molar-refractivity contribution in [3.05, 3.63) is 65.7 Å². The van der Waals surface area contributed by atoms with Crippen LogP contribution in [-0.2, 0) is 9.53 Å². The summed E-state index contributed by atoms with van der Waals surface area (Å²) in [5.41, 5.74) is 0.849. The standard InChI is InChI=1S/C22H19NO6/c1-13(15-7-9-18-19(10-15)29-12-28-18)23-20(24)11-27-22(26)17-8-6-14-4-2-3-5-16(14)21(17)25/h2-10,13,25H,11-12H2,1H3,(H,23,24)/t13-/m0/s1. The summed E-state index contributed by atoms with van der Waals surface area (Å²) >= 11 is 0. The first kappa shape index (κ1) is 18.6. The van der Waals surface area contributed by atoms with Crippen molar-refractivity contribution in [3.63, 3.8) is 0 Å². The number of amides is 1. The fraction of sp³-hybridized carbons (Fsp3) is 0.182. The maximum Gasteiger partial charge on any atom is 0.342 e. The third kappa shape index (κ3) is 3.80. The van der Waals surface area contributed by atoms with Crippen LogP contribution in [0.15, 0.2) is 54.6 Å². The predicted octanol–water partition coefficient (Wildman–Crippen LogP) is 3.31. The number of ether oxygens (including phenoxy) is 3. The Kier molecular flexibility index (Phi) is 4.95. The minimum atomic E-state index is -0.765. The molecule has 4 rings (SSSR count). The lowest BCUT2D eigenvalue weighted by atomic mass is 10.1. The van der Waals surface area contributed by atoms with E-state index in [0.29, 0.717) is 16.9 Å². The molecule has 0 saturated heterocycles. The summed E-state index contributed by atoms with van der Waals surface area (Å²) in [4.78, 5) is 24.5. The Morgan fingerprint density at radius 1 is 1.10 bits per heavy atom. The van der Waals surface area contributed by atoms with Gasteiger partial charge in [-0.3, -0.25) is 4.79 Å². The van der Waals surface area contributed by atoms with Crippen molar-refractivity contribution in [1.82, 2.24) is 5.32 Å². The fourth-order valence-corrected chi connectivity index (χ4v) is 3.18. The summed E-state index contributed by atoms with van der Waals surface area (Å²) in [6.45, 7) is 1.53. The highest BCUT2D eigenvalue weighted by Gasteiger charge is 2.19. The first-order valence-corrected chi connectivity index (χ1v) is 9.09. The Morgan fingerprint density at radius 2 is 1.90 bits per heavy atom. The van der Waals surface area contributed by atoms with E-state index in [1.807, 2.05) is 25.1 Å². The van der Waals surface area contributed by atoms with Gasteiger partial charge in [-0.25, -0.2) is 4.79 Å². The van der Waals surface area contributed by atoms with Crippen LogP contribution in [0, 0.1) is 0 Å². The molecule has 7 heteroatoms. The van der Waals surface area contributed by atoms with Gasteiger partial charge in [0, 0.05) is 5.39 Å². The Bertz CT molecular complexity index is 1090. The topological polar surface area (TPSA) is 94.1 Å². The molecule has 0 bridgehead atoms.